The summed E-state index contributed by atoms with van der Waals surface area (Å²) in [7, 11) is -1.61. The molecule has 2 nitrogen and oxygen atoms in total. The summed E-state index contributed by atoms with van der Waals surface area (Å²) >= 11 is -0.866. The Morgan fingerprint density at radius 2 is 1.65 bits per heavy atom. The number of hydrogen-bond donors (Lipinski definition) is 0. The fraction of sp³-hybridized carbons (Fsp3) is 0.600. The fourth-order valence-corrected chi connectivity index (χ4v) is 8.34. The number of hydrogen-bond acceptors (Lipinski definition) is 2. The molecule has 0 radical (unpaired) electrons. The molecule has 2 aliphatic carbocycles. The Balaban J connectivity index is 0.00000312. The predicted molar refractivity (Wildman–Crippen MR) is 115 cm³/mol. The van der Waals surface area contributed by atoms with Gasteiger partial charge in [-0.3, -0.25) is 0 Å². The van der Waals surface area contributed by atoms with Gasteiger partial charge in [-0.15, -0.1) is 24.8 Å². The second kappa shape index (κ2) is 9.63. The molecule has 0 aliphatic heterocycles. The number of rotatable bonds is 6. The number of allylic oxidation sites excluding steroid dienone is 6. The van der Waals surface area contributed by atoms with Crippen LogP contribution in [0.4, 0.5) is 0 Å². The van der Waals surface area contributed by atoms with E-state index < -0.39 is 31.6 Å². The quantitative estimate of drug-likeness (QED) is 0.371. The van der Waals surface area contributed by atoms with Crippen molar-refractivity contribution < 1.29 is 32.4 Å². The average Bonchev–Trinajstić information content (AvgIpc) is 2.88. The second-order valence-electron chi connectivity index (χ2n) is 8.23. The number of halogens is 2. The van der Waals surface area contributed by atoms with Crippen molar-refractivity contribution in [2.24, 2.45) is 5.41 Å². The van der Waals surface area contributed by atoms with Crippen LogP contribution in [-0.2, 0) is 32.4 Å². The van der Waals surface area contributed by atoms with Crippen LogP contribution in [0.3, 0.4) is 0 Å². The van der Waals surface area contributed by atoms with E-state index in [-0.39, 0.29) is 30.2 Å². The van der Waals surface area contributed by atoms with Crippen LogP contribution in [0.2, 0.25) is 19.6 Å². The molecule has 0 fully saturated rings. The number of ether oxygens (including phenoxy) is 1. The monoisotopic (exact) mass is 494 g/mol. The van der Waals surface area contributed by atoms with Crippen LogP contribution < -0.4 is 0 Å². The van der Waals surface area contributed by atoms with E-state index >= 15 is 0 Å². The largest absolute Gasteiger partial charge is 0.147 e. The molecular weight excluding hydrogens is 462 g/mol. The molecule has 0 spiro atoms. The molecule has 148 valence electrons. The summed E-state index contributed by atoms with van der Waals surface area (Å²) in [6, 6.07) is 0. The minimum atomic E-state index is -1.61. The molecule has 0 bridgehead atoms. The van der Waals surface area contributed by atoms with Gasteiger partial charge in [-0.2, -0.15) is 0 Å². The van der Waals surface area contributed by atoms with Gasteiger partial charge in [0, 0.05) is 0 Å². The van der Waals surface area contributed by atoms with Crippen LogP contribution in [0.15, 0.2) is 40.9 Å². The van der Waals surface area contributed by atoms with Crippen molar-refractivity contribution in [3.63, 3.8) is 0 Å². The minimum absolute atomic E-state index is 0. The van der Waals surface area contributed by atoms with Crippen LogP contribution in [-0.4, -0.2) is 14.9 Å². The molecule has 6 heteroatoms. The molecule has 0 atom stereocenters. The van der Waals surface area contributed by atoms with Gasteiger partial charge in [0.05, 0.1) is 0 Å². The molecule has 0 aromatic rings. The van der Waals surface area contributed by atoms with Crippen molar-refractivity contribution in [1.82, 2.24) is 0 Å². The van der Waals surface area contributed by atoms with E-state index in [2.05, 4.69) is 67.3 Å². The Labute approximate surface area is 185 Å². The molecule has 26 heavy (non-hydrogen) atoms. The van der Waals surface area contributed by atoms with Crippen molar-refractivity contribution in [1.29, 1.82) is 0 Å². The minimum Gasteiger partial charge on any atom is -0.147 e. The predicted octanol–water partition coefficient (Wildman–Crippen LogP) is 6.95. The van der Waals surface area contributed by atoms with E-state index in [1.165, 1.54) is 11.1 Å². The standard InChI is InChI=1S/C10H17O2Si.C10H15.2ClH.Zr/c1-5-11-9-7-6-8-10(9)12-13(2,3)4;1-7-6-10(4,5)9(3)8(7)2;;;/h8H,5-6H2,1-4H3;1-5H3;2*1H;. The Morgan fingerprint density at radius 1 is 1.08 bits per heavy atom. The molecule has 0 amide bonds. The summed E-state index contributed by atoms with van der Waals surface area (Å²) in [5.41, 5.74) is 4.79. The van der Waals surface area contributed by atoms with Gasteiger partial charge >= 0.3 is 161 Å². The van der Waals surface area contributed by atoms with Gasteiger partial charge in [0.1, 0.15) is 0 Å². The van der Waals surface area contributed by atoms with E-state index in [4.69, 9.17) is 9.16 Å². The zero-order valence-corrected chi connectivity index (χ0v) is 22.7. The first-order valence-electron chi connectivity index (χ1n) is 8.91. The molecule has 2 aliphatic rings. The Morgan fingerprint density at radius 3 is 2.08 bits per heavy atom. The van der Waals surface area contributed by atoms with Gasteiger partial charge in [0.2, 0.25) is 0 Å². The molecule has 0 aromatic heterocycles. The molecule has 0 saturated carbocycles. The molecular formula is C20H34Cl2O2SiZr. The summed E-state index contributed by atoms with van der Waals surface area (Å²) in [6.07, 6.45) is 3.27. The zero-order valence-electron chi connectivity index (χ0n) is 17.6. The van der Waals surface area contributed by atoms with Crippen molar-refractivity contribution in [2.45, 2.75) is 67.6 Å². The maximum atomic E-state index is 6.30. The van der Waals surface area contributed by atoms with E-state index in [1.54, 1.807) is 12.1 Å². The van der Waals surface area contributed by atoms with Crippen LogP contribution in [0.1, 0.15) is 48.0 Å². The van der Waals surface area contributed by atoms with E-state index in [0.717, 1.165) is 17.9 Å². The third-order valence-electron chi connectivity index (χ3n) is 5.03. The van der Waals surface area contributed by atoms with Crippen molar-refractivity contribution in [2.75, 3.05) is 6.61 Å². The summed E-state index contributed by atoms with van der Waals surface area (Å²) in [5.74, 6) is 2.09. The van der Waals surface area contributed by atoms with Crippen molar-refractivity contribution >= 4 is 33.1 Å². The van der Waals surface area contributed by atoms with Crippen LogP contribution >= 0.6 is 24.8 Å². The summed E-state index contributed by atoms with van der Waals surface area (Å²) in [6.45, 7) is 21.2. The normalized spacial score (nSPS) is 19.2. The maximum absolute atomic E-state index is 6.30. The average molecular weight is 497 g/mol. The van der Waals surface area contributed by atoms with Crippen LogP contribution in [0.25, 0.3) is 0 Å². The Bertz CT molecular complexity index is 668. The smallest absolute Gasteiger partial charge is 0.147 e. The van der Waals surface area contributed by atoms with Gasteiger partial charge in [-0.25, -0.2) is 0 Å². The SMILES string of the molecule is CCOC1=[C]([Zr][C]2=C(C)C(C)=C(C)C2(C)C)CC=C1O[Si](C)(C)C.Cl.Cl. The molecule has 0 aromatic carbocycles. The second-order valence-corrected chi connectivity index (χ2v) is 16.0. The summed E-state index contributed by atoms with van der Waals surface area (Å²) in [4.78, 5) is 0. The zero-order chi connectivity index (χ0) is 18.3. The molecule has 0 N–H and O–H groups in total. The van der Waals surface area contributed by atoms with Crippen molar-refractivity contribution in [3.05, 3.63) is 40.9 Å². The Hall–Kier alpha value is 0.240. The van der Waals surface area contributed by atoms with E-state index in [0.29, 0.717) is 6.61 Å². The first-order chi connectivity index (χ1) is 11.0. The molecule has 0 unspecified atom stereocenters. The van der Waals surface area contributed by atoms with Gasteiger partial charge in [-0.05, 0) is 0 Å². The topological polar surface area (TPSA) is 18.5 Å². The van der Waals surface area contributed by atoms with Crippen LogP contribution in [0, 0.1) is 5.41 Å². The van der Waals surface area contributed by atoms with Gasteiger partial charge in [0.25, 0.3) is 0 Å². The maximum Gasteiger partial charge on any atom is -0.147 e. The molecule has 2 rings (SSSR count). The third-order valence-corrected chi connectivity index (χ3v) is 10.7. The molecule has 0 heterocycles. The summed E-state index contributed by atoms with van der Waals surface area (Å²) < 4.78 is 15.6. The Kier molecular flexibility index (Phi) is 9.72. The van der Waals surface area contributed by atoms with Crippen LogP contribution in [0.5, 0.6) is 0 Å². The van der Waals surface area contributed by atoms with Gasteiger partial charge in [0.15, 0.2) is 0 Å². The van der Waals surface area contributed by atoms with E-state index in [1.807, 2.05) is 0 Å². The van der Waals surface area contributed by atoms with E-state index in [9.17, 15) is 0 Å². The van der Waals surface area contributed by atoms with Gasteiger partial charge < -0.3 is 0 Å². The fourth-order valence-electron chi connectivity index (χ4n) is 3.35. The van der Waals surface area contributed by atoms with Crippen molar-refractivity contribution in [3.8, 4) is 0 Å². The van der Waals surface area contributed by atoms with Gasteiger partial charge in [-0.1, -0.05) is 0 Å². The molecule has 0 saturated heterocycles. The third kappa shape index (κ3) is 5.40. The first kappa shape index (κ1) is 26.2. The summed E-state index contributed by atoms with van der Waals surface area (Å²) in [5, 5.41) is 0. The first-order valence-corrected chi connectivity index (χ1v) is 14.8.